The second-order valence-electron chi connectivity index (χ2n) is 9.00. The number of hydrogen-bond donors (Lipinski definition) is 2. The average Bonchev–Trinajstić information content (AvgIpc) is 2.81. The van der Waals surface area contributed by atoms with Crippen molar-refractivity contribution in [3.63, 3.8) is 0 Å². The van der Waals surface area contributed by atoms with E-state index in [1.165, 1.54) is 0 Å². The average molecular weight is 402 g/mol. The number of ether oxygens (including phenoxy) is 2. The molecule has 4 amide bonds. The Labute approximate surface area is 165 Å². The van der Waals surface area contributed by atoms with Crippen LogP contribution < -0.4 is 5.73 Å². The van der Waals surface area contributed by atoms with Crippen molar-refractivity contribution in [1.82, 2.24) is 4.90 Å². The Morgan fingerprint density at radius 1 is 1.07 bits per heavy atom. The van der Waals surface area contributed by atoms with Crippen molar-refractivity contribution in [2.24, 2.45) is 5.73 Å². The molecule has 0 spiro atoms. The largest absolute Gasteiger partial charge is 0.527 e. The highest BCUT2D eigenvalue weighted by Gasteiger charge is 2.61. The Hall–Kier alpha value is -2.20. The number of quaternary nitrogens is 1. The maximum Gasteiger partial charge on any atom is 0.527 e. The molecule has 1 heterocycles. The monoisotopic (exact) mass is 402 g/mol. The third kappa shape index (κ3) is 5.20. The van der Waals surface area contributed by atoms with Gasteiger partial charge in [-0.2, -0.15) is 9.59 Å². The van der Waals surface area contributed by atoms with E-state index in [2.05, 4.69) is 0 Å². The summed E-state index contributed by atoms with van der Waals surface area (Å²) in [5, 5.41) is 9.85. The van der Waals surface area contributed by atoms with Crippen LogP contribution in [-0.4, -0.2) is 75.1 Å². The Morgan fingerprint density at radius 3 is 1.96 bits per heavy atom. The number of imide groups is 2. The van der Waals surface area contributed by atoms with Gasteiger partial charge in [0.15, 0.2) is 0 Å². The number of likely N-dealkylation sites (tertiary alicyclic amines) is 1. The summed E-state index contributed by atoms with van der Waals surface area (Å²) < 4.78 is 9.56. The summed E-state index contributed by atoms with van der Waals surface area (Å²) in [6.07, 6.45) is -3.18. The molecule has 160 valence electrons. The Morgan fingerprint density at radius 2 is 1.57 bits per heavy atom. The Balaban J connectivity index is 3.27. The van der Waals surface area contributed by atoms with Gasteiger partial charge in [-0.3, -0.25) is 4.79 Å². The van der Waals surface area contributed by atoms with Gasteiger partial charge in [0.25, 0.3) is 0 Å². The van der Waals surface area contributed by atoms with Gasteiger partial charge in [0.05, 0.1) is 12.6 Å². The van der Waals surface area contributed by atoms with Gasteiger partial charge >= 0.3 is 18.3 Å². The van der Waals surface area contributed by atoms with Crippen LogP contribution >= 0.6 is 0 Å². The van der Waals surface area contributed by atoms with E-state index in [-0.39, 0.29) is 13.0 Å². The molecule has 0 unspecified atom stereocenters. The lowest BCUT2D eigenvalue weighted by molar-refractivity contribution is -0.797. The molecule has 0 aromatic carbocycles. The molecule has 0 radical (unpaired) electrons. The van der Waals surface area contributed by atoms with Gasteiger partial charge < -0.3 is 20.3 Å². The number of carboxylic acid groups (broad SMARTS) is 1. The normalized spacial score (nSPS) is 25.1. The molecule has 0 aromatic heterocycles. The van der Waals surface area contributed by atoms with Crippen LogP contribution in [0.15, 0.2) is 0 Å². The van der Waals surface area contributed by atoms with Crippen LogP contribution in [0.4, 0.5) is 14.4 Å². The van der Waals surface area contributed by atoms with Crippen molar-refractivity contribution in [2.45, 2.75) is 78.2 Å². The minimum atomic E-state index is -1.41. The number of nitrogens with zero attached hydrogens (tertiary/aromatic N) is 2. The molecule has 1 rings (SSSR count). The molecule has 10 nitrogen and oxygen atoms in total. The van der Waals surface area contributed by atoms with E-state index in [4.69, 9.17) is 15.2 Å². The number of rotatable bonds is 2. The summed E-state index contributed by atoms with van der Waals surface area (Å²) in [6.45, 7) is 10.6. The summed E-state index contributed by atoms with van der Waals surface area (Å²) in [7, 11) is 0. The second-order valence-corrected chi connectivity index (χ2v) is 9.00. The number of carbonyl (C=O) groups excluding carboxylic acids is 3. The van der Waals surface area contributed by atoms with Gasteiger partial charge in [0.2, 0.25) is 5.91 Å². The SMILES string of the molecule is C[C@@H]1C[C@H](N(C(=O)CN)C(=O)OC(C)(C)C)C[N@+]1(C(=O)O)C(=O)OC(C)(C)C. The molecular weight excluding hydrogens is 370 g/mol. The number of amides is 4. The molecule has 3 N–H and O–H groups in total. The molecule has 28 heavy (non-hydrogen) atoms. The molecule has 1 aliphatic rings. The van der Waals surface area contributed by atoms with Crippen molar-refractivity contribution in [1.29, 1.82) is 0 Å². The fourth-order valence-electron chi connectivity index (χ4n) is 3.15. The summed E-state index contributed by atoms with van der Waals surface area (Å²) in [5.74, 6) is -0.707. The topological polar surface area (TPSA) is 136 Å². The molecule has 0 aliphatic carbocycles. The number of carbonyl (C=O) groups is 4. The fourth-order valence-corrected chi connectivity index (χ4v) is 3.15. The maximum absolute atomic E-state index is 12.8. The predicted molar refractivity (Wildman–Crippen MR) is 99.4 cm³/mol. The van der Waals surface area contributed by atoms with Gasteiger partial charge in [0.1, 0.15) is 23.8 Å². The third-order valence-electron chi connectivity index (χ3n) is 4.32. The van der Waals surface area contributed by atoms with Crippen LogP contribution in [-0.2, 0) is 14.3 Å². The van der Waals surface area contributed by atoms with Crippen LogP contribution in [0.25, 0.3) is 0 Å². The molecular formula is C18H32N3O7+. The molecule has 1 aliphatic heterocycles. The molecule has 0 aromatic rings. The first-order chi connectivity index (χ1) is 12.5. The Bertz CT molecular complexity index is 651. The number of nitrogens with two attached hydrogens (primary N) is 1. The van der Waals surface area contributed by atoms with Gasteiger partial charge in [-0.15, -0.1) is 4.48 Å². The zero-order valence-corrected chi connectivity index (χ0v) is 17.6. The van der Waals surface area contributed by atoms with Crippen LogP contribution in [0, 0.1) is 0 Å². The van der Waals surface area contributed by atoms with E-state index in [0.717, 1.165) is 4.90 Å². The van der Waals surface area contributed by atoms with Crippen LogP contribution in [0.1, 0.15) is 54.9 Å². The molecule has 1 saturated heterocycles. The third-order valence-corrected chi connectivity index (χ3v) is 4.32. The molecule has 3 atom stereocenters. The van der Waals surface area contributed by atoms with E-state index in [9.17, 15) is 24.3 Å². The Kier molecular flexibility index (Phi) is 6.85. The molecule has 0 bridgehead atoms. The zero-order chi connectivity index (χ0) is 22.1. The lowest BCUT2D eigenvalue weighted by atomic mass is 10.1. The maximum atomic E-state index is 12.8. The number of hydrogen-bond acceptors (Lipinski definition) is 7. The zero-order valence-electron chi connectivity index (χ0n) is 17.6. The smallest absolute Gasteiger partial charge is 0.443 e. The first-order valence-corrected chi connectivity index (χ1v) is 9.15. The predicted octanol–water partition coefficient (Wildman–Crippen LogP) is 2.30. The minimum Gasteiger partial charge on any atom is -0.443 e. The molecule has 1 fully saturated rings. The van der Waals surface area contributed by atoms with Gasteiger partial charge in [-0.25, -0.2) is 9.69 Å². The van der Waals surface area contributed by atoms with Gasteiger partial charge in [-0.05, 0) is 48.5 Å². The second kappa shape index (κ2) is 8.04. The first-order valence-electron chi connectivity index (χ1n) is 9.15. The van der Waals surface area contributed by atoms with Crippen LogP contribution in [0.5, 0.6) is 0 Å². The summed E-state index contributed by atoms with van der Waals surface area (Å²) in [6, 6.07) is -1.60. The lowest BCUT2D eigenvalue weighted by Crippen LogP contribution is -2.61. The molecule has 10 heteroatoms. The van der Waals surface area contributed by atoms with Crippen molar-refractivity contribution in [2.75, 3.05) is 13.1 Å². The van der Waals surface area contributed by atoms with E-state index in [0.29, 0.717) is 0 Å². The van der Waals surface area contributed by atoms with Gasteiger partial charge in [0, 0.05) is 6.42 Å². The summed E-state index contributed by atoms with van der Waals surface area (Å²) in [4.78, 5) is 50.6. The van der Waals surface area contributed by atoms with Crippen molar-refractivity contribution >= 4 is 24.2 Å². The lowest BCUT2D eigenvalue weighted by Gasteiger charge is -2.32. The summed E-state index contributed by atoms with van der Waals surface area (Å²) in [5.41, 5.74) is 3.68. The highest BCUT2D eigenvalue weighted by Crippen LogP contribution is 2.33. The first kappa shape index (κ1) is 23.8. The fraction of sp³-hybridized carbons (Fsp3) is 0.778. The van der Waals surface area contributed by atoms with Crippen molar-refractivity contribution in [3.8, 4) is 0 Å². The molecule has 0 saturated carbocycles. The van der Waals surface area contributed by atoms with E-state index in [1.807, 2.05) is 0 Å². The quantitative estimate of drug-likeness (QED) is 0.671. The van der Waals surface area contributed by atoms with Crippen molar-refractivity contribution in [3.05, 3.63) is 0 Å². The van der Waals surface area contributed by atoms with Crippen molar-refractivity contribution < 1.29 is 38.2 Å². The van der Waals surface area contributed by atoms with Crippen LogP contribution in [0.2, 0.25) is 0 Å². The highest BCUT2D eigenvalue weighted by atomic mass is 16.6. The minimum absolute atomic E-state index is 0.0938. The summed E-state index contributed by atoms with van der Waals surface area (Å²) >= 11 is 0. The highest BCUT2D eigenvalue weighted by molar-refractivity contribution is 5.93. The van der Waals surface area contributed by atoms with E-state index in [1.54, 1.807) is 48.5 Å². The van der Waals surface area contributed by atoms with E-state index < -0.39 is 58.5 Å². The standard InChI is InChI=1S/C18H31N3O7/c1-11-8-12(20(13(22)9-19)14(23)27-17(2,3)4)10-21(11,15(24)25)16(26)28-18(5,6)7/h11-12H,8-10,19H2,1-7H3/p+1/t11-,12+,21+/m1/s1. The van der Waals surface area contributed by atoms with Crippen LogP contribution in [0.3, 0.4) is 0 Å². The van der Waals surface area contributed by atoms with E-state index >= 15 is 0 Å². The van der Waals surface area contributed by atoms with Gasteiger partial charge in [-0.1, -0.05) is 0 Å².